The van der Waals surface area contributed by atoms with Gasteiger partial charge in [0.25, 0.3) is 0 Å². The molecule has 0 saturated heterocycles. The molecule has 1 aromatic carbocycles. The number of nitriles is 1. The predicted molar refractivity (Wildman–Crippen MR) is 65.9 cm³/mol. The van der Waals surface area contributed by atoms with Gasteiger partial charge >= 0.3 is 5.97 Å². The molecule has 0 aliphatic carbocycles. The van der Waals surface area contributed by atoms with Crippen molar-refractivity contribution in [3.05, 3.63) is 29.8 Å². The van der Waals surface area contributed by atoms with E-state index in [1.165, 1.54) is 0 Å². The number of anilines is 1. The molecule has 0 bridgehead atoms. The number of carboxylic acids is 1. The smallest absolute Gasteiger partial charge is 0.305 e. The third kappa shape index (κ3) is 3.80. The summed E-state index contributed by atoms with van der Waals surface area (Å²) in [5, 5.41) is 17.6. The van der Waals surface area contributed by atoms with Crippen molar-refractivity contribution in [1.82, 2.24) is 0 Å². The van der Waals surface area contributed by atoms with Gasteiger partial charge in [-0.1, -0.05) is 17.7 Å². The first-order chi connectivity index (χ1) is 8.04. The molecule has 1 rings (SSSR count). The van der Waals surface area contributed by atoms with Crippen molar-refractivity contribution in [3.63, 3.8) is 0 Å². The zero-order valence-corrected chi connectivity index (χ0v) is 10.1. The van der Waals surface area contributed by atoms with Gasteiger partial charge in [-0.15, -0.1) is 0 Å². The van der Waals surface area contributed by atoms with Crippen LogP contribution in [0, 0.1) is 18.3 Å². The van der Waals surface area contributed by atoms with E-state index in [1.807, 2.05) is 31.2 Å². The molecule has 90 valence electrons. The van der Waals surface area contributed by atoms with Crippen LogP contribution in [0.1, 0.15) is 18.9 Å². The average molecular weight is 232 g/mol. The number of carbonyl (C=O) groups is 1. The van der Waals surface area contributed by atoms with Gasteiger partial charge in [0.2, 0.25) is 0 Å². The monoisotopic (exact) mass is 232 g/mol. The van der Waals surface area contributed by atoms with E-state index in [0.717, 1.165) is 11.3 Å². The van der Waals surface area contributed by atoms with Crippen LogP contribution in [0.5, 0.6) is 0 Å². The highest BCUT2D eigenvalue weighted by atomic mass is 16.4. The van der Waals surface area contributed by atoms with Crippen LogP contribution in [0.3, 0.4) is 0 Å². The van der Waals surface area contributed by atoms with Gasteiger partial charge in [-0.2, -0.15) is 5.26 Å². The van der Waals surface area contributed by atoms with Crippen LogP contribution in [0.4, 0.5) is 5.69 Å². The standard InChI is InChI=1S/C13H16N2O2/c1-10-3-5-12(6-4-10)15(11(2)9-14)8-7-13(16)17/h3-6,11H,7-8H2,1-2H3,(H,16,17). The largest absolute Gasteiger partial charge is 0.481 e. The average Bonchev–Trinajstić information content (AvgIpc) is 2.30. The van der Waals surface area contributed by atoms with Crippen molar-refractivity contribution < 1.29 is 9.90 Å². The number of nitrogens with zero attached hydrogens (tertiary/aromatic N) is 2. The minimum Gasteiger partial charge on any atom is -0.481 e. The van der Waals surface area contributed by atoms with E-state index in [-0.39, 0.29) is 12.5 Å². The fourth-order valence-electron chi connectivity index (χ4n) is 1.57. The molecule has 0 aromatic heterocycles. The number of aliphatic carboxylic acids is 1. The number of hydrogen-bond donors (Lipinski definition) is 1. The molecular formula is C13H16N2O2. The predicted octanol–water partition coefficient (Wildman–Crippen LogP) is 2.19. The van der Waals surface area contributed by atoms with Crippen molar-refractivity contribution in [3.8, 4) is 6.07 Å². The van der Waals surface area contributed by atoms with Crippen LogP contribution in [0.15, 0.2) is 24.3 Å². The SMILES string of the molecule is Cc1ccc(N(CCC(=O)O)C(C)C#N)cc1. The molecule has 0 heterocycles. The lowest BCUT2D eigenvalue weighted by atomic mass is 10.2. The summed E-state index contributed by atoms with van der Waals surface area (Å²) in [7, 11) is 0. The first-order valence-corrected chi connectivity index (χ1v) is 5.49. The Kier molecular flexibility index (Phi) is 4.53. The summed E-state index contributed by atoms with van der Waals surface area (Å²) < 4.78 is 0. The molecule has 4 heteroatoms. The molecule has 4 nitrogen and oxygen atoms in total. The number of aryl methyl sites for hydroxylation is 1. The molecule has 1 aromatic rings. The summed E-state index contributed by atoms with van der Waals surface area (Å²) >= 11 is 0. The molecule has 0 saturated carbocycles. The van der Waals surface area contributed by atoms with E-state index in [2.05, 4.69) is 6.07 Å². The Hall–Kier alpha value is -2.02. The van der Waals surface area contributed by atoms with Crippen molar-refractivity contribution in [2.75, 3.05) is 11.4 Å². The maximum absolute atomic E-state index is 10.6. The number of hydrogen-bond acceptors (Lipinski definition) is 3. The van der Waals surface area contributed by atoms with Crippen molar-refractivity contribution in [2.45, 2.75) is 26.3 Å². The number of carboxylic acid groups (broad SMARTS) is 1. The zero-order valence-electron chi connectivity index (χ0n) is 10.1. The Balaban J connectivity index is 2.86. The van der Waals surface area contributed by atoms with E-state index >= 15 is 0 Å². The normalized spacial score (nSPS) is 11.6. The van der Waals surface area contributed by atoms with Gasteiger partial charge in [-0.25, -0.2) is 0 Å². The Labute approximate surface area is 101 Å². The summed E-state index contributed by atoms with van der Waals surface area (Å²) in [5.41, 5.74) is 2.02. The molecule has 1 atom stereocenters. The van der Waals surface area contributed by atoms with Crippen LogP contribution >= 0.6 is 0 Å². The van der Waals surface area contributed by atoms with Crippen LogP contribution in [-0.2, 0) is 4.79 Å². The summed E-state index contributed by atoms with van der Waals surface area (Å²) in [5.74, 6) is -0.854. The Morgan fingerprint density at radius 2 is 2.06 bits per heavy atom. The number of rotatable bonds is 5. The van der Waals surface area contributed by atoms with E-state index in [1.54, 1.807) is 11.8 Å². The number of benzene rings is 1. The van der Waals surface area contributed by atoms with Crippen LogP contribution in [0.25, 0.3) is 0 Å². The molecule has 0 amide bonds. The minimum absolute atomic E-state index is 0.0277. The van der Waals surface area contributed by atoms with E-state index in [9.17, 15) is 4.79 Å². The third-order valence-corrected chi connectivity index (χ3v) is 2.59. The van der Waals surface area contributed by atoms with E-state index < -0.39 is 5.97 Å². The van der Waals surface area contributed by atoms with Gasteiger partial charge in [-0.05, 0) is 26.0 Å². The van der Waals surface area contributed by atoms with Gasteiger partial charge in [0, 0.05) is 12.2 Å². The molecule has 1 N–H and O–H groups in total. The molecule has 0 radical (unpaired) electrons. The van der Waals surface area contributed by atoms with Gasteiger partial charge in [0.15, 0.2) is 0 Å². The fraction of sp³-hybridized carbons (Fsp3) is 0.385. The van der Waals surface area contributed by atoms with Gasteiger partial charge in [0.05, 0.1) is 12.5 Å². The lowest BCUT2D eigenvalue weighted by molar-refractivity contribution is -0.136. The Morgan fingerprint density at radius 3 is 2.53 bits per heavy atom. The summed E-state index contributed by atoms with van der Waals surface area (Å²) in [6.07, 6.45) is 0.0277. The van der Waals surface area contributed by atoms with Crippen molar-refractivity contribution in [2.24, 2.45) is 0 Å². The quantitative estimate of drug-likeness (QED) is 0.845. The molecule has 0 fully saturated rings. The second-order valence-corrected chi connectivity index (χ2v) is 3.98. The summed E-state index contributed by atoms with van der Waals surface area (Å²) in [4.78, 5) is 12.4. The second-order valence-electron chi connectivity index (χ2n) is 3.98. The van der Waals surface area contributed by atoms with Gasteiger partial charge in [0.1, 0.15) is 6.04 Å². The van der Waals surface area contributed by atoms with Crippen LogP contribution in [-0.4, -0.2) is 23.7 Å². The zero-order chi connectivity index (χ0) is 12.8. The highest BCUT2D eigenvalue weighted by molar-refractivity contribution is 5.67. The van der Waals surface area contributed by atoms with Gasteiger partial charge < -0.3 is 10.0 Å². The van der Waals surface area contributed by atoms with E-state index in [4.69, 9.17) is 10.4 Å². The summed E-state index contributed by atoms with van der Waals surface area (Å²) in [6, 6.07) is 9.52. The highest BCUT2D eigenvalue weighted by Crippen LogP contribution is 2.18. The fourth-order valence-corrected chi connectivity index (χ4v) is 1.57. The third-order valence-electron chi connectivity index (χ3n) is 2.59. The van der Waals surface area contributed by atoms with Crippen LogP contribution in [0.2, 0.25) is 0 Å². The van der Waals surface area contributed by atoms with Crippen molar-refractivity contribution >= 4 is 11.7 Å². The Morgan fingerprint density at radius 1 is 1.47 bits per heavy atom. The second kappa shape index (κ2) is 5.90. The highest BCUT2D eigenvalue weighted by Gasteiger charge is 2.14. The van der Waals surface area contributed by atoms with Crippen molar-refractivity contribution in [1.29, 1.82) is 5.26 Å². The molecule has 1 unspecified atom stereocenters. The molecule has 0 aliphatic rings. The first-order valence-electron chi connectivity index (χ1n) is 5.49. The molecule has 0 aliphatic heterocycles. The maximum Gasteiger partial charge on any atom is 0.305 e. The lowest BCUT2D eigenvalue weighted by Gasteiger charge is -2.26. The maximum atomic E-state index is 10.6. The molecule has 0 spiro atoms. The van der Waals surface area contributed by atoms with Gasteiger partial charge in [-0.3, -0.25) is 4.79 Å². The molecule has 17 heavy (non-hydrogen) atoms. The topological polar surface area (TPSA) is 64.3 Å². The minimum atomic E-state index is -0.854. The molecular weight excluding hydrogens is 216 g/mol. The van der Waals surface area contributed by atoms with Crippen LogP contribution < -0.4 is 4.90 Å². The first kappa shape index (κ1) is 13.0. The van der Waals surface area contributed by atoms with E-state index in [0.29, 0.717) is 6.54 Å². The lowest BCUT2D eigenvalue weighted by Crippen LogP contribution is -2.33. The Bertz CT molecular complexity index is 420. The summed E-state index contributed by atoms with van der Waals surface area (Å²) in [6.45, 7) is 4.09.